The van der Waals surface area contributed by atoms with Gasteiger partial charge >= 0.3 is 0 Å². The van der Waals surface area contributed by atoms with Gasteiger partial charge in [-0.1, -0.05) is 157 Å². The molecule has 2 N–H and O–H groups in total. The molecule has 5 heterocycles. The Labute approximate surface area is 410 Å². The molecule has 0 spiro atoms. The second kappa shape index (κ2) is 19.9. The number of thiocarbonyl (C=S) groups is 1. The van der Waals surface area contributed by atoms with Crippen LogP contribution in [0.15, 0.2) is 198 Å². The number of pyridine rings is 1. The Hall–Kier alpha value is -7.30. The first-order valence-corrected chi connectivity index (χ1v) is 24.8. The molecule has 0 radical (unpaired) electrons. The standard InChI is InChI=1S/C53H41N7O4S4/c1-63-59-43(42-33-68-52(56-42)58-53(37-23-11-4-12-24-37,38-25-13-5-14-26-38)39-27-15-6-16-28-39)47(61)57-44-49(62)60-45(51(65)64-46(34-18-7-2-8-19-34)35-20-9-3-10-21-35)40(31-67-50(44)60)48-55-41(32-66-48)36-22-17-29-54-30-36/h2-30,32-33,44,46,50H,31H2,1H3,(H,56,58)(H,57,61)/t44-,50-/m1/s1. The first-order chi connectivity index (χ1) is 33.4. The lowest BCUT2D eigenvalue weighted by atomic mass is 9.77. The molecular formula is C53H41N7O4S4. The number of anilines is 1. The number of hydrogen-bond acceptors (Lipinski definition) is 13. The average Bonchev–Trinajstić information content (AvgIpc) is 4.10. The molecule has 2 aliphatic rings. The van der Waals surface area contributed by atoms with Gasteiger partial charge in [-0.25, -0.2) is 9.97 Å². The number of β-lactam (4-membered cyclic amide) rings is 1. The van der Waals surface area contributed by atoms with Gasteiger partial charge in [-0.05, 0) is 52.2 Å². The van der Waals surface area contributed by atoms with Gasteiger partial charge in [0.25, 0.3) is 11.8 Å². The first-order valence-electron chi connectivity index (χ1n) is 21.6. The van der Waals surface area contributed by atoms with E-state index in [1.165, 1.54) is 41.5 Å². The van der Waals surface area contributed by atoms with Crippen molar-refractivity contribution in [2.24, 2.45) is 5.16 Å². The number of fused-ring (bicyclic) bond motifs is 1. The number of ether oxygens (including phenoxy) is 1. The molecule has 2 aliphatic heterocycles. The molecule has 5 aromatic carbocycles. The Morgan fingerprint density at radius 2 is 1.37 bits per heavy atom. The topological polar surface area (TPSA) is 131 Å². The Kier molecular flexibility index (Phi) is 13.0. The summed E-state index contributed by atoms with van der Waals surface area (Å²) in [4.78, 5) is 50.0. The van der Waals surface area contributed by atoms with Gasteiger partial charge in [0.1, 0.15) is 46.6 Å². The number of carbonyl (C=O) groups is 2. The van der Waals surface area contributed by atoms with E-state index in [2.05, 4.69) is 57.2 Å². The van der Waals surface area contributed by atoms with Gasteiger partial charge in [0.15, 0.2) is 10.8 Å². The zero-order valence-corrected chi connectivity index (χ0v) is 39.6. The number of hydrogen-bond donors (Lipinski definition) is 2. The van der Waals surface area contributed by atoms with Crippen LogP contribution in [0.25, 0.3) is 16.8 Å². The van der Waals surface area contributed by atoms with Gasteiger partial charge in [-0.15, -0.1) is 34.4 Å². The monoisotopic (exact) mass is 967 g/mol. The number of carbonyl (C=O) groups excluding carboxylic acids is 2. The SMILES string of the molecule is CON=C(C(=O)N[C@@H]1C(=O)N2C(C(=S)OC(c3ccccc3)c3ccccc3)=C(c3nc(-c4cccnc4)cs3)CS[C@H]12)c1csc(NC(c2ccccc2)(c2ccccc2)c2ccccc2)n1. The first kappa shape index (κ1) is 44.5. The summed E-state index contributed by atoms with van der Waals surface area (Å²) >= 11 is 10.5. The van der Waals surface area contributed by atoms with Crippen molar-refractivity contribution in [1.82, 2.24) is 25.2 Å². The molecule has 11 nitrogen and oxygen atoms in total. The number of nitrogens with zero attached hydrogens (tertiary/aromatic N) is 5. The van der Waals surface area contributed by atoms with E-state index in [0.717, 1.165) is 44.6 Å². The summed E-state index contributed by atoms with van der Waals surface area (Å²) in [5, 5.41) is 15.5. The largest absolute Gasteiger partial charge is 0.469 e. The quantitative estimate of drug-likeness (QED) is 0.0337. The molecule has 0 saturated carbocycles. The molecule has 8 aromatic rings. The maximum atomic E-state index is 14.6. The Bertz CT molecular complexity index is 2980. The van der Waals surface area contributed by atoms with Crippen molar-refractivity contribution in [3.05, 3.63) is 231 Å². The fourth-order valence-corrected chi connectivity index (χ4v) is 11.8. The summed E-state index contributed by atoms with van der Waals surface area (Å²) in [5.74, 6) is -0.537. The summed E-state index contributed by atoms with van der Waals surface area (Å²) < 4.78 is 6.77. The third kappa shape index (κ3) is 8.72. The van der Waals surface area contributed by atoms with Crippen LogP contribution in [-0.2, 0) is 24.7 Å². The summed E-state index contributed by atoms with van der Waals surface area (Å²) in [6, 6.07) is 53.1. The van der Waals surface area contributed by atoms with Crippen molar-refractivity contribution in [2.75, 3.05) is 18.2 Å². The molecule has 1 saturated heterocycles. The van der Waals surface area contributed by atoms with Gasteiger partial charge in [-0.3, -0.25) is 19.5 Å². The molecule has 0 bridgehead atoms. The van der Waals surface area contributed by atoms with Crippen LogP contribution in [-0.4, -0.2) is 66.7 Å². The van der Waals surface area contributed by atoms with Gasteiger partial charge in [0.2, 0.25) is 5.05 Å². The Morgan fingerprint density at radius 3 is 1.93 bits per heavy atom. The van der Waals surface area contributed by atoms with Crippen molar-refractivity contribution in [3.8, 4) is 11.3 Å². The van der Waals surface area contributed by atoms with Crippen LogP contribution in [0.1, 0.15) is 44.6 Å². The third-order valence-corrected chi connectivity index (χ3v) is 14.9. The van der Waals surface area contributed by atoms with Crippen LogP contribution in [0.4, 0.5) is 5.13 Å². The molecule has 68 heavy (non-hydrogen) atoms. The highest BCUT2D eigenvalue weighted by molar-refractivity contribution is 8.00. The number of nitrogens with one attached hydrogen (secondary N) is 2. The van der Waals surface area contributed by atoms with E-state index < -0.39 is 29.0 Å². The molecular weight excluding hydrogens is 927 g/mol. The van der Waals surface area contributed by atoms with E-state index in [9.17, 15) is 9.59 Å². The van der Waals surface area contributed by atoms with Crippen LogP contribution in [0.3, 0.4) is 0 Å². The lowest BCUT2D eigenvalue weighted by Gasteiger charge is -2.50. The molecule has 15 heteroatoms. The molecule has 2 amide bonds. The summed E-state index contributed by atoms with van der Waals surface area (Å²) in [5.41, 5.74) is 6.96. The summed E-state index contributed by atoms with van der Waals surface area (Å²) in [6.07, 6.45) is 2.92. The van der Waals surface area contributed by atoms with E-state index in [4.69, 9.17) is 31.8 Å². The van der Waals surface area contributed by atoms with Gasteiger partial charge in [0.05, 0.1) is 5.69 Å². The second-order valence-electron chi connectivity index (χ2n) is 15.7. The second-order valence-corrected chi connectivity index (χ2v) is 18.9. The number of rotatable bonds is 15. The number of benzene rings is 5. The fourth-order valence-electron chi connectivity index (χ4n) is 8.47. The number of amides is 2. The third-order valence-electron chi connectivity index (χ3n) is 11.7. The Balaban J connectivity index is 0.946. The maximum Gasteiger partial charge on any atom is 0.276 e. The van der Waals surface area contributed by atoms with Crippen molar-refractivity contribution in [1.29, 1.82) is 0 Å². The van der Waals surface area contributed by atoms with Gasteiger partial charge in [-0.2, -0.15) is 0 Å². The minimum atomic E-state index is -0.923. The smallest absolute Gasteiger partial charge is 0.276 e. The zero-order valence-electron chi connectivity index (χ0n) is 36.3. The molecule has 0 unspecified atom stereocenters. The predicted octanol–water partition coefficient (Wildman–Crippen LogP) is 10.4. The maximum absolute atomic E-state index is 14.6. The van der Waals surface area contributed by atoms with Crippen molar-refractivity contribution >= 4 is 79.9 Å². The fraction of sp³-hybridized carbons (Fsp3) is 0.113. The molecule has 1 fully saturated rings. The molecule has 10 rings (SSSR count). The van der Waals surface area contributed by atoms with Gasteiger partial charge < -0.3 is 20.2 Å². The summed E-state index contributed by atoms with van der Waals surface area (Å²) in [7, 11) is 1.37. The molecule has 2 atom stereocenters. The van der Waals surface area contributed by atoms with E-state index in [-0.39, 0.29) is 22.4 Å². The lowest BCUT2D eigenvalue weighted by molar-refractivity contribution is -0.144. The predicted molar refractivity (Wildman–Crippen MR) is 274 cm³/mol. The normalized spacial score (nSPS) is 15.9. The van der Waals surface area contributed by atoms with E-state index in [1.54, 1.807) is 22.7 Å². The number of oxime groups is 1. The Morgan fingerprint density at radius 1 is 0.779 bits per heavy atom. The number of thiazole rings is 2. The van der Waals surface area contributed by atoms with Crippen LogP contribution < -0.4 is 10.6 Å². The number of thioether (sulfide) groups is 1. The van der Waals surface area contributed by atoms with Crippen LogP contribution >= 0.6 is 46.7 Å². The van der Waals surface area contributed by atoms with Crippen molar-refractivity contribution in [2.45, 2.75) is 23.1 Å². The van der Waals surface area contributed by atoms with Crippen molar-refractivity contribution in [3.63, 3.8) is 0 Å². The highest BCUT2D eigenvalue weighted by Crippen LogP contribution is 2.46. The summed E-state index contributed by atoms with van der Waals surface area (Å²) in [6.45, 7) is 0. The van der Waals surface area contributed by atoms with Crippen LogP contribution in [0, 0.1) is 0 Å². The van der Waals surface area contributed by atoms with Gasteiger partial charge in [0, 0.05) is 40.0 Å². The number of aromatic nitrogens is 3. The minimum absolute atomic E-state index is 0.0804. The highest BCUT2D eigenvalue weighted by atomic mass is 32.2. The van der Waals surface area contributed by atoms with Crippen LogP contribution in [0.2, 0.25) is 0 Å². The lowest BCUT2D eigenvalue weighted by Crippen LogP contribution is -2.71. The minimum Gasteiger partial charge on any atom is -0.469 e. The highest BCUT2D eigenvalue weighted by Gasteiger charge is 2.54. The van der Waals surface area contributed by atoms with Crippen LogP contribution in [0.5, 0.6) is 0 Å². The van der Waals surface area contributed by atoms with Crippen molar-refractivity contribution < 1.29 is 19.2 Å². The average molecular weight is 968 g/mol. The molecule has 3 aromatic heterocycles. The molecule has 336 valence electrons. The molecule has 0 aliphatic carbocycles. The van der Waals surface area contributed by atoms with E-state index in [1.807, 2.05) is 133 Å². The van der Waals surface area contributed by atoms with E-state index >= 15 is 0 Å². The van der Waals surface area contributed by atoms with E-state index in [0.29, 0.717) is 21.6 Å². The zero-order chi connectivity index (χ0) is 46.5.